The van der Waals surface area contributed by atoms with Gasteiger partial charge >= 0.3 is 0 Å². The van der Waals surface area contributed by atoms with Crippen LogP contribution in [0.4, 0.5) is 0 Å². The number of sulfonamides is 1. The van der Waals surface area contributed by atoms with E-state index in [1.165, 1.54) is 12.1 Å². The lowest BCUT2D eigenvalue weighted by Crippen LogP contribution is -2.43. The van der Waals surface area contributed by atoms with Crippen LogP contribution in [0.25, 0.3) is 0 Å². The van der Waals surface area contributed by atoms with E-state index in [0.717, 1.165) is 12.8 Å². The summed E-state index contributed by atoms with van der Waals surface area (Å²) < 4.78 is 23.0. The number of rotatable bonds is 2. The minimum atomic E-state index is -3.91. The second-order valence-corrected chi connectivity index (χ2v) is 7.96. The highest BCUT2D eigenvalue weighted by atomic mass is 35.5. The number of carbonyl (C=O) groups is 1. The molecule has 21 heavy (non-hydrogen) atoms. The number of halogens is 1. The highest BCUT2D eigenvalue weighted by molar-refractivity contribution is 7.89. The fourth-order valence-electron chi connectivity index (χ4n) is 2.67. The van der Waals surface area contributed by atoms with Crippen molar-refractivity contribution in [2.75, 3.05) is 6.54 Å². The molecule has 2 N–H and O–H groups in total. The molecule has 0 bridgehead atoms. The summed E-state index contributed by atoms with van der Waals surface area (Å²) in [6, 6.07) is 2.59. The van der Waals surface area contributed by atoms with Crippen LogP contribution in [0.3, 0.4) is 0 Å². The Morgan fingerprint density at radius 1 is 1.38 bits per heavy atom. The van der Waals surface area contributed by atoms with Crippen molar-refractivity contribution in [3.05, 3.63) is 28.3 Å². The third-order valence-electron chi connectivity index (χ3n) is 4.02. The van der Waals surface area contributed by atoms with Gasteiger partial charge < -0.3 is 4.90 Å². The summed E-state index contributed by atoms with van der Waals surface area (Å²) in [5.41, 5.74) is 0.617. The van der Waals surface area contributed by atoms with Crippen molar-refractivity contribution in [2.45, 2.75) is 44.0 Å². The standard InChI is InChI=1S/C14H19ClN2O3S/c1-9-11(7-10(8-12(9)15)21(16,19)20)13(18)17-6-4-5-14(17,2)3/h7-8H,4-6H2,1-3H3,(H2,16,19,20). The summed E-state index contributed by atoms with van der Waals surface area (Å²) in [6.07, 6.45) is 1.85. The van der Waals surface area contributed by atoms with Crippen molar-refractivity contribution in [1.82, 2.24) is 4.90 Å². The van der Waals surface area contributed by atoms with Crippen LogP contribution in [0.5, 0.6) is 0 Å². The number of amides is 1. The second kappa shape index (κ2) is 5.26. The van der Waals surface area contributed by atoms with Gasteiger partial charge in [0.15, 0.2) is 0 Å². The van der Waals surface area contributed by atoms with Gasteiger partial charge in [0, 0.05) is 22.7 Å². The van der Waals surface area contributed by atoms with E-state index in [1.54, 1.807) is 11.8 Å². The van der Waals surface area contributed by atoms with E-state index in [4.69, 9.17) is 16.7 Å². The Labute approximate surface area is 130 Å². The molecule has 7 heteroatoms. The molecule has 1 heterocycles. The summed E-state index contributed by atoms with van der Waals surface area (Å²) in [5, 5.41) is 5.36. The molecule has 5 nitrogen and oxygen atoms in total. The monoisotopic (exact) mass is 330 g/mol. The number of likely N-dealkylation sites (tertiary alicyclic amines) is 1. The van der Waals surface area contributed by atoms with Gasteiger partial charge in [-0.15, -0.1) is 0 Å². The summed E-state index contributed by atoms with van der Waals surface area (Å²) in [6.45, 7) is 6.35. The van der Waals surface area contributed by atoms with E-state index in [-0.39, 0.29) is 21.4 Å². The summed E-state index contributed by atoms with van der Waals surface area (Å²) in [4.78, 5) is 14.4. The first-order valence-corrected chi connectivity index (χ1v) is 8.61. The van der Waals surface area contributed by atoms with E-state index in [1.807, 2.05) is 13.8 Å². The van der Waals surface area contributed by atoms with E-state index in [9.17, 15) is 13.2 Å². The normalized spacial score (nSPS) is 18.0. The Hall–Kier alpha value is -1.11. The zero-order chi connectivity index (χ0) is 16.0. The predicted molar refractivity (Wildman–Crippen MR) is 81.9 cm³/mol. The van der Waals surface area contributed by atoms with Gasteiger partial charge in [-0.05, 0) is 51.3 Å². The molecule has 1 aromatic rings. The number of benzene rings is 1. The molecule has 1 saturated heterocycles. The van der Waals surface area contributed by atoms with Gasteiger partial charge in [0.2, 0.25) is 10.0 Å². The van der Waals surface area contributed by atoms with Crippen molar-refractivity contribution >= 4 is 27.5 Å². The lowest BCUT2D eigenvalue weighted by atomic mass is 10.0. The van der Waals surface area contributed by atoms with Crippen LogP contribution in [-0.4, -0.2) is 31.3 Å². The fourth-order valence-corrected chi connectivity index (χ4v) is 3.52. The molecular formula is C14H19ClN2O3S. The van der Waals surface area contributed by atoms with Crippen LogP contribution in [-0.2, 0) is 10.0 Å². The Kier molecular flexibility index (Phi) is 4.08. The highest BCUT2D eigenvalue weighted by Gasteiger charge is 2.36. The summed E-state index contributed by atoms with van der Waals surface area (Å²) in [5.74, 6) is -0.206. The number of nitrogens with zero attached hydrogens (tertiary/aromatic N) is 1. The van der Waals surface area contributed by atoms with Crippen LogP contribution in [0, 0.1) is 6.92 Å². The largest absolute Gasteiger partial charge is 0.334 e. The Morgan fingerprint density at radius 2 is 2.00 bits per heavy atom. The molecule has 0 aromatic heterocycles. The maximum absolute atomic E-state index is 12.7. The molecule has 0 radical (unpaired) electrons. The molecule has 1 fully saturated rings. The van der Waals surface area contributed by atoms with Crippen LogP contribution >= 0.6 is 11.6 Å². The van der Waals surface area contributed by atoms with Crippen molar-refractivity contribution in [1.29, 1.82) is 0 Å². The minimum absolute atomic E-state index is 0.140. The smallest absolute Gasteiger partial charge is 0.254 e. The van der Waals surface area contributed by atoms with Gasteiger partial charge in [-0.1, -0.05) is 11.6 Å². The van der Waals surface area contributed by atoms with Crippen LogP contribution in [0.2, 0.25) is 5.02 Å². The highest BCUT2D eigenvalue weighted by Crippen LogP contribution is 2.32. The molecule has 1 aliphatic heterocycles. The van der Waals surface area contributed by atoms with Gasteiger partial charge in [-0.2, -0.15) is 0 Å². The third kappa shape index (κ3) is 3.07. The van der Waals surface area contributed by atoms with Crippen molar-refractivity contribution in [3.63, 3.8) is 0 Å². The Morgan fingerprint density at radius 3 is 2.48 bits per heavy atom. The van der Waals surface area contributed by atoms with E-state index in [0.29, 0.717) is 17.7 Å². The minimum Gasteiger partial charge on any atom is -0.334 e. The van der Waals surface area contributed by atoms with E-state index >= 15 is 0 Å². The maximum atomic E-state index is 12.7. The van der Waals surface area contributed by atoms with Crippen molar-refractivity contribution in [3.8, 4) is 0 Å². The maximum Gasteiger partial charge on any atom is 0.254 e. The first kappa shape index (κ1) is 16.3. The molecule has 0 atom stereocenters. The average Bonchev–Trinajstić information content (AvgIpc) is 2.70. The predicted octanol–water partition coefficient (Wildman–Crippen LogP) is 2.31. The number of hydrogen-bond acceptors (Lipinski definition) is 3. The lowest BCUT2D eigenvalue weighted by molar-refractivity contribution is 0.0651. The Balaban J connectivity index is 2.53. The number of primary sulfonamides is 1. The first-order valence-electron chi connectivity index (χ1n) is 6.69. The van der Waals surface area contributed by atoms with Crippen LogP contribution in [0.1, 0.15) is 42.6 Å². The quantitative estimate of drug-likeness (QED) is 0.903. The molecule has 0 aliphatic carbocycles. The van der Waals surface area contributed by atoms with Gasteiger partial charge in [0.1, 0.15) is 0 Å². The van der Waals surface area contributed by atoms with Gasteiger partial charge in [-0.25, -0.2) is 13.6 Å². The van der Waals surface area contributed by atoms with Crippen LogP contribution < -0.4 is 5.14 Å². The van der Waals surface area contributed by atoms with Gasteiger partial charge in [0.05, 0.1) is 4.90 Å². The third-order valence-corrected chi connectivity index (χ3v) is 5.31. The lowest BCUT2D eigenvalue weighted by Gasteiger charge is -2.32. The van der Waals surface area contributed by atoms with E-state index < -0.39 is 10.0 Å². The van der Waals surface area contributed by atoms with E-state index in [2.05, 4.69) is 0 Å². The number of nitrogens with two attached hydrogens (primary N) is 1. The first-order chi connectivity index (χ1) is 9.54. The molecular weight excluding hydrogens is 312 g/mol. The second-order valence-electron chi connectivity index (χ2n) is 6.00. The topological polar surface area (TPSA) is 80.5 Å². The van der Waals surface area contributed by atoms with Gasteiger partial charge in [0.25, 0.3) is 5.91 Å². The zero-order valence-corrected chi connectivity index (χ0v) is 13.9. The molecule has 1 aromatic carbocycles. The Bertz CT molecular complexity index is 698. The number of hydrogen-bond donors (Lipinski definition) is 1. The summed E-state index contributed by atoms with van der Waals surface area (Å²) >= 11 is 6.06. The molecule has 1 aliphatic rings. The molecule has 116 valence electrons. The molecule has 2 rings (SSSR count). The van der Waals surface area contributed by atoms with Crippen molar-refractivity contribution < 1.29 is 13.2 Å². The molecule has 1 amide bonds. The summed E-state index contributed by atoms with van der Waals surface area (Å²) in [7, 11) is -3.91. The van der Waals surface area contributed by atoms with Crippen LogP contribution in [0.15, 0.2) is 17.0 Å². The fraction of sp³-hybridized carbons (Fsp3) is 0.500. The average molecular weight is 331 g/mol. The SMILES string of the molecule is Cc1c(Cl)cc(S(N)(=O)=O)cc1C(=O)N1CCCC1(C)C. The number of carbonyl (C=O) groups excluding carboxylic acids is 1. The molecule has 0 unspecified atom stereocenters. The van der Waals surface area contributed by atoms with Gasteiger partial charge in [-0.3, -0.25) is 4.79 Å². The molecule has 0 saturated carbocycles. The molecule has 0 spiro atoms. The zero-order valence-electron chi connectivity index (χ0n) is 12.3. The van der Waals surface area contributed by atoms with Crippen molar-refractivity contribution in [2.24, 2.45) is 5.14 Å².